The lowest BCUT2D eigenvalue weighted by atomic mass is 9.98. The lowest BCUT2D eigenvalue weighted by Crippen LogP contribution is -2.25. The van der Waals surface area contributed by atoms with Crippen LogP contribution in [-0.2, 0) is 13.0 Å². The third-order valence-electron chi connectivity index (χ3n) is 3.91. The van der Waals surface area contributed by atoms with Gasteiger partial charge in [0.15, 0.2) is 5.82 Å². The lowest BCUT2D eigenvalue weighted by Gasteiger charge is -2.19. The summed E-state index contributed by atoms with van der Waals surface area (Å²) in [5, 5.41) is 4.59. The number of hydrogen-bond acceptors (Lipinski definition) is 5. The second kappa shape index (κ2) is 5.73. The summed E-state index contributed by atoms with van der Waals surface area (Å²) in [5.74, 6) is 3.69. The smallest absolute Gasteiger partial charge is 0.181 e. The van der Waals surface area contributed by atoms with Crippen molar-refractivity contribution in [3.05, 3.63) is 24.0 Å². The molecule has 0 saturated carbocycles. The van der Waals surface area contributed by atoms with Gasteiger partial charge in [0.05, 0.1) is 14.2 Å². The molecular weight excluding hydrogens is 268 g/mol. The molecular formula is C15H20N4O2. The van der Waals surface area contributed by atoms with E-state index in [0.717, 1.165) is 42.3 Å². The Morgan fingerprint density at radius 2 is 1.95 bits per heavy atom. The van der Waals surface area contributed by atoms with Crippen LogP contribution in [0.25, 0.3) is 11.4 Å². The maximum atomic E-state index is 5.76. The number of fused-ring (bicyclic) bond motifs is 1. The van der Waals surface area contributed by atoms with Crippen molar-refractivity contribution in [1.82, 2.24) is 14.8 Å². The topological polar surface area (TPSA) is 75.2 Å². The molecule has 6 nitrogen and oxygen atoms in total. The Labute approximate surface area is 123 Å². The maximum Gasteiger partial charge on any atom is 0.181 e. The van der Waals surface area contributed by atoms with E-state index < -0.39 is 0 Å². The van der Waals surface area contributed by atoms with Gasteiger partial charge in [0.1, 0.15) is 17.3 Å². The molecule has 6 heteroatoms. The highest BCUT2D eigenvalue weighted by atomic mass is 16.5. The van der Waals surface area contributed by atoms with Crippen molar-refractivity contribution in [2.45, 2.75) is 19.4 Å². The maximum absolute atomic E-state index is 5.76. The molecule has 21 heavy (non-hydrogen) atoms. The number of benzene rings is 1. The van der Waals surface area contributed by atoms with Crippen LogP contribution < -0.4 is 15.2 Å². The molecule has 2 heterocycles. The molecule has 1 unspecified atom stereocenters. The van der Waals surface area contributed by atoms with E-state index in [0.29, 0.717) is 18.3 Å². The van der Waals surface area contributed by atoms with Gasteiger partial charge in [0, 0.05) is 24.6 Å². The number of hydrogen-bond donors (Lipinski definition) is 1. The van der Waals surface area contributed by atoms with Crippen LogP contribution in [0.5, 0.6) is 11.5 Å². The quantitative estimate of drug-likeness (QED) is 0.922. The highest BCUT2D eigenvalue weighted by Crippen LogP contribution is 2.29. The van der Waals surface area contributed by atoms with Gasteiger partial charge in [0.25, 0.3) is 0 Å². The van der Waals surface area contributed by atoms with E-state index >= 15 is 0 Å². The van der Waals surface area contributed by atoms with E-state index in [9.17, 15) is 0 Å². The van der Waals surface area contributed by atoms with Crippen molar-refractivity contribution in [3.8, 4) is 22.9 Å². The SMILES string of the molecule is COc1cc(OC)cc(-c2nc3n(n2)CCC(CN)C3)c1. The van der Waals surface area contributed by atoms with Gasteiger partial charge in [-0.1, -0.05) is 0 Å². The summed E-state index contributed by atoms with van der Waals surface area (Å²) < 4.78 is 12.6. The molecule has 112 valence electrons. The van der Waals surface area contributed by atoms with Crippen molar-refractivity contribution < 1.29 is 9.47 Å². The average molecular weight is 288 g/mol. The second-order valence-electron chi connectivity index (χ2n) is 5.27. The van der Waals surface area contributed by atoms with E-state index in [1.54, 1.807) is 14.2 Å². The van der Waals surface area contributed by atoms with Gasteiger partial charge in [-0.3, -0.25) is 0 Å². The van der Waals surface area contributed by atoms with Gasteiger partial charge in [0.2, 0.25) is 0 Å². The minimum Gasteiger partial charge on any atom is -0.497 e. The monoisotopic (exact) mass is 288 g/mol. The fraction of sp³-hybridized carbons (Fsp3) is 0.467. The Bertz CT molecular complexity index is 616. The van der Waals surface area contributed by atoms with Crippen LogP contribution in [0.3, 0.4) is 0 Å². The third kappa shape index (κ3) is 2.71. The molecule has 1 aliphatic rings. The van der Waals surface area contributed by atoms with Crippen LogP contribution in [0, 0.1) is 5.92 Å². The summed E-state index contributed by atoms with van der Waals surface area (Å²) in [5.41, 5.74) is 6.66. The van der Waals surface area contributed by atoms with Gasteiger partial charge in [-0.25, -0.2) is 9.67 Å². The Balaban J connectivity index is 1.96. The molecule has 0 bridgehead atoms. The van der Waals surface area contributed by atoms with Gasteiger partial charge in [-0.05, 0) is 31.0 Å². The van der Waals surface area contributed by atoms with Crippen LogP contribution >= 0.6 is 0 Å². The first-order chi connectivity index (χ1) is 10.2. The summed E-state index contributed by atoms with van der Waals surface area (Å²) in [6.45, 7) is 1.58. The second-order valence-corrected chi connectivity index (χ2v) is 5.27. The van der Waals surface area contributed by atoms with Gasteiger partial charge in [-0.2, -0.15) is 5.10 Å². The van der Waals surface area contributed by atoms with Crippen molar-refractivity contribution in [2.75, 3.05) is 20.8 Å². The normalized spacial score (nSPS) is 17.4. The highest BCUT2D eigenvalue weighted by Gasteiger charge is 2.21. The minimum atomic E-state index is 0.509. The molecule has 1 aromatic carbocycles. The van der Waals surface area contributed by atoms with Crippen molar-refractivity contribution >= 4 is 0 Å². The number of nitrogens with zero attached hydrogens (tertiary/aromatic N) is 3. The Morgan fingerprint density at radius 1 is 1.24 bits per heavy atom. The molecule has 0 spiro atoms. The van der Waals surface area contributed by atoms with E-state index in [-0.39, 0.29) is 0 Å². The van der Waals surface area contributed by atoms with Gasteiger partial charge in [-0.15, -0.1) is 0 Å². The Kier molecular flexibility index (Phi) is 3.79. The third-order valence-corrected chi connectivity index (χ3v) is 3.91. The largest absolute Gasteiger partial charge is 0.497 e. The zero-order chi connectivity index (χ0) is 14.8. The van der Waals surface area contributed by atoms with E-state index in [1.165, 1.54) is 0 Å². The first-order valence-corrected chi connectivity index (χ1v) is 7.10. The highest BCUT2D eigenvalue weighted by molar-refractivity contribution is 5.60. The Morgan fingerprint density at radius 3 is 2.57 bits per heavy atom. The zero-order valence-electron chi connectivity index (χ0n) is 12.4. The zero-order valence-corrected chi connectivity index (χ0v) is 12.4. The Hall–Kier alpha value is -2.08. The summed E-state index contributed by atoms with van der Waals surface area (Å²) in [6, 6.07) is 5.68. The average Bonchev–Trinajstić information content (AvgIpc) is 2.97. The van der Waals surface area contributed by atoms with Crippen molar-refractivity contribution in [1.29, 1.82) is 0 Å². The standard InChI is InChI=1S/C15H20N4O2/c1-20-12-6-11(7-13(8-12)21-2)15-17-14-5-10(9-16)3-4-19(14)18-15/h6-8,10H,3-5,9,16H2,1-2H3. The van der Waals surface area contributed by atoms with Crippen molar-refractivity contribution in [3.63, 3.8) is 0 Å². The molecule has 2 N–H and O–H groups in total. The minimum absolute atomic E-state index is 0.509. The van der Waals surface area contributed by atoms with Crippen molar-refractivity contribution in [2.24, 2.45) is 11.7 Å². The molecule has 0 fully saturated rings. The number of nitrogens with two attached hydrogens (primary N) is 1. The van der Waals surface area contributed by atoms with Crippen LogP contribution in [0.4, 0.5) is 0 Å². The number of methoxy groups -OCH3 is 2. The fourth-order valence-corrected chi connectivity index (χ4v) is 2.63. The van der Waals surface area contributed by atoms with Crippen LogP contribution in [-0.4, -0.2) is 35.5 Å². The molecule has 0 radical (unpaired) electrons. The molecule has 2 aromatic rings. The van der Waals surface area contributed by atoms with E-state index in [4.69, 9.17) is 15.2 Å². The number of rotatable bonds is 4. The molecule has 3 rings (SSSR count). The predicted octanol–water partition coefficient (Wildman–Crippen LogP) is 1.48. The van der Waals surface area contributed by atoms with E-state index in [2.05, 4.69) is 10.1 Å². The van der Waals surface area contributed by atoms with Gasteiger partial charge >= 0.3 is 0 Å². The summed E-state index contributed by atoms with van der Waals surface area (Å²) >= 11 is 0. The number of aromatic nitrogens is 3. The summed E-state index contributed by atoms with van der Waals surface area (Å²) in [7, 11) is 3.27. The molecule has 1 aliphatic heterocycles. The predicted molar refractivity (Wildman–Crippen MR) is 79.4 cm³/mol. The number of ether oxygens (including phenoxy) is 2. The molecule has 0 amide bonds. The first-order valence-electron chi connectivity index (χ1n) is 7.10. The van der Waals surface area contributed by atoms with Crippen LogP contribution in [0.2, 0.25) is 0 Å². The van der Waals surface area contributed by atoms with Crippen LogP contribution in [0.15, 0.2) is 18.2 Å². The number of aryl methyl sites for hydroxylation is 1. The molecule has 0 saturated heterocycles. The molecule has 1 aromatic heterocycles. The van der Waals surface area contributed by atoms with E-state index in [1.807, 2.05) is 22.9 Å². The van der Waals surface area contributed by atoms with Gasteiger partial charge < -0.3 is 15.2 Å². The molecule has 0 aliphatic carbocycles. The summed E-state index contributed by atoms with van der Waals surface area (Å²) in [6.07, 6.45) is 1.96. The fourth-order valence-electron chi connectivity index (χ4n) is 2.63. The lowest BCUT2D eigenvalue weighted by molar-refractivity contribution is 0.369. The summed E-state index contributed by atoms with van der Waals surface area (Å²) in [4.78, 5) is 4.66. The van der Waals surface area contributed by atoms with Crippen LogP contribution in [0.1, 0.15) is 12.2 Å². The molecule has 1 atom stereocenters. The first kappa shape index (κ1) is 13.9.